The first-order chi connectivity index (χ1) is 51.3. The van der Waals surface area contributed by atoms with Crippen LogP contribution in [0.5, 0.6) is 0 Å². The monoisotopic (exact) mass is 1580 g/mol. The Hall–Kier alpha value is -8.54. The van der Waals surface area contributed by atoms with Crippen LogP contribution < -0.4 is 33.2 Å². The number of ether oxygens (including phenoxy) is 3. The van der Waals surface area contributed by atoms with E-state index < -0.39 is 34.9 Å². The number of aromatic nitrogens is 6. The number of carbonyl (C=O) groups is 4. The average Bonchev–Trinajstić information content (AvgIpc) is 0.792. The summed E-state index contributed by atoms with van der Waals surface area (Å²) in [6.45, 7) is 18.9. The van der Waals surface area contributed by atoms with Gasteiger partial charge in [-0.05, 0) is 215 Å². The molecule has 2 aliphatic rings. The van der Waals surface area contributed by atoms with Gasteiger partial charge in [-0.3, -0.25) is 14.5 Å². The van der Waals surface area contributed by atoms with Crippen molar-refractivity contribution in [1.29, 1.82) is 0 Å². The lowest BCUT2D eigenvalue weighted by molar-refractivity contribution is -0.163. The van der Waals surface area contributed by atoms with Crippen LogP contribution in [0.4, 0.5) is 22.2 Å². The normalized spacial score (nSPS) is 15.9. The molecule has 20 nitrogen and oxygen atoms in total. The van der Waals surface area contributed by atoms with Gasteiger partial charge in [0.15, 0.2) is 0 Å². The average molecular weight is 1590 g/mol. The van der Waals surface area contributed by atoms with Crippen LogP contribution in [0.1, 0.15) is 143 Å². The Balaban J connectivity index is 0.000000194. The number of piperidine rings is 2. The molecule has 5 heterocycles. The number of hydrogen-bond acceptors (Lipinski definition) is 19. The summed E-state index contributed by atoms with van der Waals surface area (Å²) >= 11 is 37.8. The molecule has 0 radical (unpaired) electrons. The smallest absolute Gasteiger partial charge is 0.411 e. The highest BCUT2D eigenvalue weighted by molar-refractivity contribution is 6.37. The maximum absolute atomic E-state index is 13.2. The van der Waals surface area contributed by atoms with E-state index in [1.54, 1.807) is 48.9 Å². The lowest BCUT2D eigenvalue weighted by Crippen LogP contribution is -2.56. The summed E-state index contributed by atoms with van der Waals surface area (Å²) < 4.78 is 16.8. The van der Waals surface area contributed by atoms with Gasteiger partial charge in [-0.2, -0.15) is 0 Å². The molecule has 9 N–H and O–H groups in total. The van der Waals surface area contributed by atoms with Crippen LogP contribution in [-0.2, 0) is 75.4 Å². The highest BCUT2D eigenvalue weighted by atomic mass is 35.5. The Kier molecular flexibility index (Phi) is 29.5. The Morgan fingerprint density at radius 3 is 1.26 bits per heavy atom. The maximum atomic E-state index is 13.2. The number of nitrogens with two attached hydrogens (primary N) is 3. The van der Waals surface area contributed by atoms with Crippen molar-refractivity contribution in [3.63, 3.8) is 0 Å². The largest absolute Gasteiger partial charge is 0.459 e. The SMILES string of the molecule is CC(C)(C)OC(=O)[C@H]1CC(NCc2cccc(-c3cnc(N)c(CCc4c(Cl)cccc4Cl)n3)c2)CCN1.CC(C)(C)OC(=O)[C@H]1CC(NCc2cccc(-c3cnc(N)c(CCc4c(Cl)cccc4Cl)n3)c2)CCN1C(=O)OC(C)(C)C.Nc1ncc(-c2cccc(C=O)c2)nc1CCc1c(Cl)cccc1Cl. The minimum Gasteiger partial charge on any atom is -0.459 e. The van der Waals surface area contributed by atoms with Crippen molar-refractivity contribution in [2.24, 2.45) is 0 Å². The highest BCUT2D eigenvalue weighted by Crippen LogP contribution is 2.33. The summed E-state index contributed by atoms with van der Waals surface area (Å²) in [5.41, 5.74) is 28.7. The number of nitrogens with one attached hydrogen (secondary N) is 3. The standard InChI is InChI=1S/C34H43Cl2N5O4.C29H35Cl2N5O2.C19H15Cl2N3O/c1-33(2,3)44-31(42)29-18-23(15-16-41(29)32(43)45-34(4,5)6)38-19-21-9-7-10-22(17-21)28-20-39-30(37)27(40-28)14-13-24-25(35)11-8-12-26(24)36;1-29(2,3)38-28(37)25-15-20(12-13-33-25)34-16-18-6-4-7-19(14-18)26-17-35-27(32)24(36-26)11-10-21-22(30)8-5-9-23(21)31;20-15-5-2-6-16(21)14(15)7-8-17-19(22)23-10-18(24-17)13-4-1-3-12(9-13)11-25/h7-12,17,20,23,29,38H,13-16,18-19H2,1-6H3,(H2,37,39);4-9,14,17,20,25,33-34H,10-13,15-16H2,1-3H3,(H2,32,35);1-6,9-11H,7-8H2,(H2,22,23)/t23?,29-;20?,25-;/m11./s1. The number of nitrogens with zero attached hydrogens (tertiary/aromatic N) is 7. The molecule has 2 unspecified atom stereocenters. The van der Waals surface area contributed by atoms with Gasteiger partial charge in [-0.15, -0.1) is 0 Å². The van der Waals surface area contributed by atoms with Gasteiger partial charge in [-0.1, -0.05) is 142 Å². The molecule has 0 spiro atoms. The molecule has 3 aromatic heterocycles. The van der Waals surface area contributed by atoms with Crippen molar-refractivity contribution in [2.45, 2.75) is 181 Å². The molecular formula is C82H93Cl6N13O7. The molecule has 26 heteroatoms. The van der Waals surface area contributed by atoms with E-state index in [-0.39, 0.29) is 24.1 Å². The topological polar surface area (TPSA) is 291 Å². The zero-order chi connectivity index (χ0) is 78.0. The zero-order valence-corrected chi connectivity index (χ0v) is 66.7. The molecule has 4 atom stereocenters. The number of carbonyl (C=O) groups excluding carboxylic acids is 4. The zero-order valence-electron chi connectivity index (χ0n) is 62.1. The maximum Gasteiger partial charge on any atom is 0.411 e. The Morgan fingerprint density at radius 2 is 0.861 bits per heavy atom. The van der Waals surface area contributed by atoms with Gasteiger partial charge in [0.2, 0.25) is 0 Å². The molecule has 0 bridgehead atoms. The number of aryl methyl sites for hydroxylation is 3. The molecule has 11 rings (SSSR count). The van der Waals surface area contributed by atoms with E-state index in [1.165, 1.54) is 4.90 Å². The van der Waals surface area contributed by atoms with Gasteiger partial charge in [0, 0.05) is 84.1 Å². The molecule has 108 heavy (non-hydrogen) atoms. The lowest BCUT2D eigenvalue weighted by Gasteiger charge is -2.39. The quantitative estimate of drug-likeness (QED) is 0.0221. The van der Waals surface area contributed by atoms with E-state index in [0.29, 0.717) is 159 Å². The molecule has 9 aromatic rings. The number of hydrogen-bond donors (Lipinski definition) is 6. The Morgan fingerprint density at radius 1 is 0.491 bits per heavy atom. The molecular weight excluding hydrogens is 1490 g/mol. The third-order valence-electron chi connectivity index (χ3n) is 17.6. The van der Waals surface area contributed by atoms with Gasteiger partial charge in [-0.25, -0.2) is 39.5 Å². The summed E-state index contributed by atoms with van der Waals surface area (Å²) in [6.07, 6.45) is 11.5. The second-order valence-corrected chi connectivity index (χ2v) is 31.9. The van der Waals surface area contributed by atoms with E-state index in [2.05, 4.69) is 54.1 Å². The van der Waals surface area contributed by atoms with Crippen molar-refractivity contribution in [1.82, 2.24) is 50.8 Å². The van der Waals surface area contributed by atoms with E-state index in [4.69, 9.17) is 111 Å². The van der Waals surface area contributed by atoms with Crippen molar-refractivity contribution < 1.29 is 33.4 Å². The predicted octanol–water partition coefficient (Wildman–Crippen LogP) is 17.0. The van der Waals surface area contributed by atoms with Gasteiger partial charge < -0.3 is 47.4 Å². The van der Waals surface area contributed by atoms with Crippen molar-refractivity contribution in [2.75, 3.05) is 30.3 Å². The molecule has 6 aromatic carbocycles. The fourth-order valence-corrected chi connectivity index (χ4v) is 14.0. The Labute approximate surface area is 662 Å². The molecule has 570 valence electrons. The fraction of sp³-hybridized carbons (Fsp3) is 0.366. The van der Waals surface area contributed by atoms with Gasteiger partial charge in [0.05, 0.1) is 52.8 Å². The number of amides is 1. The van der Waals surface area contributed by atoms with Crippen LogP contribution in [0.3, 0.4) is 0 Å². The first kappa shape index (κ1) is 83.5. The van der Waals surface area contributed by atoms with Gasteiger partial charge in [0.25, 0.3) is 0 Å². The van der Waals surface area contributed by atoms with Crippen molar-refractivity contribution in [3.8, 4) is 33.8 Å². The number of aldehydes is 1. The van der Waals surface area contributed by atoms with Crippen molar-refractivity contribution in [3.05, 3.63) is 227 Å². The summed E-state index contributed by atoms with van der Waals surface area (Å²) in [5, 5.41) is 14.2. The molecule has 2 aliphatic heterocycles. The van der Waals surface area contributed by atoms with Crippen LogP contribution in [0, 0.1) is 0 Å². The van der Waals surface area contributed by atoms with Gasteiger partial charge >= 0.3 is 18.0 Å². The number of rotatable bonds is 21. The second kappa shape index (κ2) is 38.2. The molecule has 0 saturated carbocycles. The first-order valence-corrected chi connectivity index (χ1v) is 38.1. The van der Waals surface area contributed by atoms with Crippen LogP contribution in [0.25, 0.3) is 33.8 Å². The number of likely N-dealkylation sites (tertiary alicyclic amines) is 1. The third kappa shape index (κ3) is 24.7. The van der Waals surface area contributed by atoms with Crippen LogP contribution in [-0.4, -0.2) is 113 Å². The van der Waals surface area contributed by atoms with E-state index in [9.17, 15) is 19.2 Å². The summed E-state index contributed by atoms with van der Waals surface area (Å²) in [7, 11) is 0. The van der Waals surface area contributed by atoms with Gasteiger partial charge in [0.1, 0.15) is 52.6 Å². The minimum absolute atomic E-state index is 0.00980. The number of esters is 2. The van der Waals surface area contributed by atoms with Crippen LogP contribution in [0.2, 0.25) is 30.1 Å². The number of halogens is 6. The highest BCUT2D eigenvalue weighted by Gasteiger charge is 2.41. The predicted molar refractivity (Wildman–Crippen MR) is 433 cm³/mol. The number of nitrogen functional groups attached to an aromatic ring is 3. The molecule has 0 aliphatic carbocycles. The molecule has 2 fully saturated rings. The first-order valence-electron chi connectivity index (χ1n) is 35.8. The lowest BCUT2D eigenvalue weighted by atomic mass is 9.96. The summed E-state index contributed by atoms with van der Waals surface area (Å²) in [4.78, 5) is 78.4. The van der Waals surface area contributed by atoms with Crippen LogP contribution >= 0.6 is 69.6 Å². The number of anilines is 3. The minimum atomic E-state index is -0.749. The fourth-order valence-electron chi connectivity index (χ4n) is 12.2. The third-order valence-corrected chi connectivity index (χ3v) is 19.7. The van der Waals surface area contributed by atoms with E-state index >= 15 is 0 Å². The number of benzene rings is 6. The second-order valence-electron chi connectivity index (χ2n) is 29.5. The molecule has 1 amide bonds. The Bertz CT molecular complexity index is 4570. The van der Waals surface area contributed by atoms with Crippen LogP contribution in [0.15, 0.2) is 146 Å². The summed E-state index contributed by atoms with van der Waals surface area (Å²) in [6, 6.07) is 39.0. The van der Waals surface area contributed by atoms with E-state index in [1.807, 2.05) is 141 Å². The summed E-state index contributed by atoms with van der Waals surface area (Å²) in [5.74, 6) is 0.521. The van der Waals surface area contributed by atoms with Crippen molar-refractivity contribution >= 4 is 111 Å². The van der Waals surface area contributed by atoms with E-state index in [0.717, 1.165) is 69.5 Å². The molecule has 2 saturated heterocycles.